The minimum absolute atomic E-state index is 0.392. The number of rotatable bonds is 5. The highest BCUT2D eigenvalue weighted by Gasteiger charge is 2.08. The Morgan fingerprint density at radius 2 is 2.17 bits per heavy atom. The van der Waals surface area contributed by atoms with Gasteiger partial charge >= 0.3 is 0 Å². The van der Waals surface area contributed by atoms with Gasteiger partial charge in [0.05, 0.1) is 5.69 Å². The average molecular weight is 246 g/mol. The number of hydrogen-bond acceptors (Lipinski definition) is 4. The van der Waals surface area contributed by atoms with Gasteiger partial charge in [0.25, 0.3) is 0 Å². The fraction of sp³-hybridized carbons (Fsp3) is 0.357. The standard InChI is InChI=1S/C14H18N2O2/c1-10-4-3-5-12(6-7-15)14(10)17-9-13-8-11(2)16-18-13/h3-5,8H,6-7,9,15H2,1-2H3. The Bertz CT molecular complexity index is 520. The largest absolute Gasteiger partial charge is 0.485 e. The molecule has 0 spiro atoms. The second-order valence-electron chi connectivity index (χ2n) is 4.33. The van der Waals surface area contributed by atoms with Gasteiger partial charge < -0.3 is 15.0 Å². The molecule has 0 atom stereocenters. The molecule has 2 aromatic rings. The van der Waals surface area contributed by atoms with E-state index in [0.717, 1.165) is 34.8 Å². The van der Waals surface area contributed by atoms with Crippen molar-refractivity contribution in [3.8, 4) is 5.75 Å². The molecule has 2 N–H and O–H groups in total. The highest BCUT2D eigenvalue weighted by Crippen LogP contribution is 2.24. The minimum Gasteiger partial charge on any atom is -0.485 e. The van der Waals surface area contributed by atoms with Gasteiger partial charge in [0, 0.05) is 6.07 Å². The van der Waals surface area contributed by atoms with E-state index in [1.54, 1.807) is 0 Å². The molecule has 0 aliphatic carbocycles. The van der Waals surface area contributed by atoms with Gasteiger partial charge in [-0.25, -0.2) is 0 Å². The second-order valence-corrected chi connectivity index (χ2v) is 4.33. The summed E-state index contributed by atoms with van der Waals surface area (Å²) in [7, 11) is 0. The summed E-state index contributed by atoms with van der Waals surface area (Å²) in [5, 5.41) is 3.84. The van der Waals surface area contributed by atoms with Gasteiger partial charge in [-0.2, -0.15) is 0 Å². The molecule has 96 valence electrons. The number of nitrogens with zero attached hydrogens (tertiary/aromatic N) is 1. The van der Waals surface area contributed by atoms with Crippen LogP contribution in [0.3, 0.4) is 0 Å². The van der Waals surface area contributed by atoms with Gasteiger partial charge in [-0.05, 0) is 37.9 Å². The number of aromatic nitrogens is 1. The topological polar surface area (TPSA) is 61.3 Å². The molecular formula is C14H18N2O2. The van der Waals surface area contributed by atoms with Gasteiger partial charge in [0.15, 0.2) is 5.76 Å². The predicted molar refractivity (Wildman–Crippen MR) is 69.5 cm³/mol. The Morgan fingerprint density at radius 3 is 2.83 bits per heavy atom. The molecule has 0 bridgehead atoms. The number of benzene rings is 1. The van der Waals surface area contributed by atoms with E-state index in [4.69, 9.17) is 15.0 Å². The molecule has 2 rings (SSSR count). The summed E-state index contributed by atoms with van der Waals surface area (Å²) < 4.78 is 11.0. The number of hydrogen-bond donors (Lipinski definition) is 1. The first-order chi connectivity index (χ1) is 8.70. The summed E-state index contributed by atoms with van der Waals surface area (Å²) in [6.45, 7) is 4.92. The number of nitrogens with two attached hydrogens (primary N) is 1. The van der Waals surface area contributed by atoms with Crippen molar-refractivity contribution in [2.45, 2.75) is 26.9 Å². The van der Waals surface area contributed by atoms with Gasteiger partial charge in [-0.15, -0.1) is 0 Å². The van der Waals surface area contributed by atoms with E-state index < -0.39 is 0 Å². The molecular weight excluding hydrogens is 228 g/mol. The Balaban J connectivity index is 2.12. The Morgan fingerprint density at radius 1 is 1.33 bits per heavy atom. The minimum atomic E-state index is 0.392. The Hall–Kier alpha value is -1.81. The van der Waals surface area contributed by atoms with E-state index in [0.29, 0.717) is 13.2 Å². The van der Waals surface area contributed by atoms with Crippen molar-refractivity contribution in [1.29, 1.82) is 0 Å². The number of para-hydroxylation sites is 1. The van der Waals surface area contributed by atoms with Crippen LogP contribution < -0.4 is 10.5 Å². The van der Waals surface area contributed by atoms with Crippen LogP contribution in [-0.4, -0.2) is 11.7 Å². The van der Waals surface area contributed by atoms with Crippen LogP contribution >= 0.6 is 0 Å². The lowest BCUT2D eigenvalue weighted by Gasteiger charge is -2.12. The fourth-order valence-electron chi connectivity index (χ4n) is 1.90. The molecule has 4 nitrogen and oxygen atoms in total. The molecule has 0 unspecified atom stereocenters. The third-order valence-corrected chi connectivity index (χ3v) is 2.74. The molecule has 0 saturated heterocycles. The number of ether oxygens (including phenoxy) is 1. The second kappa shape index (κ2) is 5.69. The zero-order chi connectivity index (χ0) is 13.0. The van der Waals surface area contributed by atoms with Gasteiger partial charge in [-0.3, -0.25) is 0 Å². The molecule has 1 aromatic carbocycles. The summed E-state index contributed by atoms with van der Waals surface area (Å²) in [4.78, 5) is 0. The summed E-state index contributed by atoms with van der Waals surface area (Å²) in [6.07, 6.45) is 0.812. The van der Waals surface area contributed by atoms with Crippen LogP contribution in [0.25, 0.3) is 0 Å². The fourth-order valence-corrected chi connectivity index (χ4v) is 1.90. The van der Waals surface area contributed by atoms with Crippen LogP contribution in [0, 0.1) is 13.8 Å². The van der Waals surface area contributed by atoms with E-state index in [2.05, 4.69) is 5.16 Å². The van der Waals surface area contributed by atoms with E-state index in [1.165, 1.54) is 0 Å². The Kier molecular flexibility index (Phi) is 3.99. The van der Waals surface area contributed by atoms with Crippen molar-refractivity contribution in [2.24, 2.45) is 5.73 Å². The van der Waals surface area contributed by atoms with Crippen molar-refractivity contribution >= 4 is 0 Å². The molecule has 1 heterocycles. The van der Waals surface area contributed by atoms with E-state index in [-0.39, 0.29) is 0 Å². The molecule has 0 aliphatic heterocycles. The molecule has 0 saturated carbocycles. The maximum absolute atomic E-state index is 5.83. The zero-order valence-electron chi connectivity index (χ0n) is 10.8. The van der Waals surface area contributed by atoms with Crippen LogP contribution in [0.4, 0.5) is 0 Å². The lowest BCUT2D eigenvalue weighted by molar-refractivity contribution is 0.245. The summed E-state index contributed by atoms with van der Waals surface area (Å²) >= 11 is 0. The van der Waals surface area contributed by atoms with E-state index >= 15 is 0 Å². The van der Waals surface area contributed by atoms with Crippen molar-refractivity contribution in [1.82, 2.24) is 5.16 Å². The third-order valence-electron chi connectivity index (χ3n) is 2.74. The van der Waals surface area contributed by atoms with Crippen LogP contribution in [0.5, 0.6) is 5.75 Å². The summed E-state index contributed by atoms with van der Waals surface area (Å²) in [5.74, 6) is 1.63. The van der Waals surface area contributed by atoms with Crippen molar-refractivity contribution in [3.05, 3.63) is 46.8 Å². The first-order valence-electron chi connectivity index (χ1n) is 6.04. The quantitative estimate of drug-likeness (QED) is 0.879. The van der Waals surface area contributed by atoms with Crippen molar-refractivity contribution in [3.63, 3.8) is 0 Å². The van der Waals surface area contributed by atoms with Gasteiger partial charge in [0.1, 0.15) is 12.4 Å². The lowest BCUT2D eigenvalue weighted by atomic mass is 10.1. The monoisotopic (exact) mass is 246 g/mol. The highest BCUT2D eigenvalue weighted by atomic mass is 16.5. The first kappa shape index (κ1) is 12.6. The van der Waals surface area contributed by atoms with E-state index in [9.17, 15) is 0 Å². The molecule has 0 aliphatic rings. The average Bonchev–Trinajstić information content (AvgIpc) is 2.75. The smallest absolute Gasteiger partial charge is 0.174 e. The summed E-state index contributed by atoms with van der Waals surface area (Å²) in [5.41, 5.74) is 8.71. The molecule has 1 aromatic heterocycles. The molecule has 0 radical (unpaired) electrons. The highest BCUT2D eigenvalue weighted by molar-refractivity contribution is 5.41. The normalized spacial score (nSPS) is 10.6. The maximum Gasteiger partial charge on any atom is 0.174 e. The maximum atomic E-state index is 5.83. The van der Waals surface area contributed by atoms with Crippen LogP contribution in [-0.2, 0) is 13.0 Å². The molecule has 0 amide bonds. The van der Waals surface area contributed by atoms with Crippen LogP contribution in [0.1, 0.15) is 22.6 Å². The Labute approximate surface area is 107 Å². The molecule has 0 fully saturated rings. The van der Waals surface area contributed by atoms with Crippen molar-refractivity contribution < 1.29 is 9.26 Å². The van der Waals surface area contributed by atoms with Crippen LogP contribution in [0.2, 0.25) is 0 Å². The molecule has 18 heavy (non-hydrogen) atoms. The summed E-state index contributed by atoms with van der Waals surface area (Å²) in [6, 6.07) is 7.97. The van der Waals surface area contributed by atoms with Crippen molar-refractivity contribution in [2.75, 3.05) is 6.54 Å². The number of aryl methyl sites for hydroxylation is 2. The SMILES string of the molecule is Cc1cc(COc2c(C)cccc2CCN)on1. The first-order valence-corrected chi connectivity index (χ1v) is 6.04. The van der Waals surface area contributed by atoms with Gasteiger partial charge in [-0.1, -0.05) is 23.4 Å². The van der Waals surface area contributed by atoms with E-state index in [1.807, 2.05) is 38.1 Å². The lowest BCUT2D eigenvalue weighted by Crippen LogP contribution is -2.06. The zero-order valence-corrected chi connectivity index (χ0v) is 10.8. The predicted octanol–water partition coefficient (Wildman–Crippen LogP) is 2.37. The van der Waals surface area contributed by atoms with Gasteiger partial charge in [0.2, 0.25) is 0 Å². The third kappa shape index (κ3) is 2.90. The molecule has 4 heteroatoms. The van der Waals surface area contributed by atoms with Crippen LogP contribution in [0.15, 0.2) is 28.8 Å².